The van der Waals surface area contributed by atoms with E-state index in [4.69, 9.17) is 4.74 Å². The summed E-state index contributed by atoms with van der Waals surface area (Å²) < 4.78 is 5.82. The van der Waals surface area contributed by atoms with Crippen molar-refractivity contribution < 1.29 is 24.2 Å². The van der Waals surface area contributed by atoms with Gasteiger partial charge in [-0.2, -0.15) is 0 Å². The number of hydrogen-bond acceptors (Lipinski definition) is 6. The number of carbonyl (C=O) groups excluding carboxylic acids is 3. The Bertz CT molecular complexity index is 1090. The monoisotopic (exact) mass is 588 g/mol. The predicted octanol–water partition coefficient (Wildman–Crippen LogP) is 2.75. The fraction of sp³-hybridized carbons (Fsp3) is 0.645. The lowest BCUT2D eigenvalue weighted by Crippen LogP contribution is -2.75. The first-order chi connectivity index (χ1) is 19.4. The molecule has 2 aliphatic heterocycles. The summed E-state index contributed by atoms with van der Waals surface area (Å²) in [7, 11) is 1.61. The van der Waals surface area contributed by atoms with E-state index < -0.39 is 17.7 Å². The van der Waals surface area contributed by atoms with E-state index in [1.807, 2.05) is 0 Å². The Balaban J connectivity index is 0.00000462. The van der Waals surface area contributed by atoms with Gasteiger partial charge >= 0.3 is 0 Å². The lowest BCUT2D eigenvalue weighted by molar-refractivity contribution is -0.164. The molecule has 3 amide bonds. The van der Waals surface area contributed by atoms with Crippen LogP contribution in [0.2, 0.25) is 0 Å². The number of benzene rings is 1. The summed E-state index contributed by atoms with van der Waals surface area (Å²) in [6.45, 7) is 4.85. The maximum atomic E-state index is 13.7. The number of nitrogens with zero attached hydrogens (tertiary/aromatic N) is 2. The highest BCUT2D eigenvalue weighted by molar-refractivity contribution is 6.00. The zero-order chi connectivity index (χ0) is 28.5. The summed E-state index contributed by atoms with van der Waals surface area (Å²) in [4.78, 5) is 42.9. The number of piperazine rings is 1. The number of aliphatic hydroxyl groups is 1. The van der Waals surface area contributed by atoms with Gasteiger partial charge in [0.05, 0.1) is 19.3 Å². The van der Waals surface area contributed by atoms with Gasteiger partial charge in [-0.25, -0.2) is 0 Å². The molecule has 3 fully saturated rings. The van der Waals surface area contributed by atoms with Crippen LogP contribution in [0, 0.1) is 17.8 Å². The molecular weight excluding hydrogens is 544 g/mol. The van der Waals surface area contributed by atoms with Crippen molar-refractivity contribution in [1.29, 1.82) is 0 Å². The van der Waals surface area contributed by atoms with Crippen LogP contribution >= 0.6 is 12.4 Å². The molecule has 3 aliphatic rings. The summed E-state index contributed by atoms with van der Waals surface area (Å²) in [5.74, 6) is 6.19. The van der Waals surface area contributed by atoms with Gasteiger partial charge in [0.15, 0.2) is 0 Å². The van der Waals surface area contributed by atoms with Gasteiger partial charge in [0.25, 0.3) is 5.91 Å². The standard InChI is InChI=1S/C31H44N4O5.ClH/c1-3-4-19-35-29(38)26(27(36)23-10-6-5-7-11-23)33-30(39)31(35)16-20-34(21-17-31)18-8-9-22-40-25-14-12-24(13-15-25)28(37)32-2;/h12-15,23,26-27,36H,5-11,16-22H2,1-2H3,(H,32,37)(H,33,39);1H/t26-,27?;/m1./s1. The number of aliphatic hydroxyl groups excluding tert-OH is 1. The summed E-state index contributed by atoms with van der Waals surface area (Å²) in [5.41, 5.74) is -0.313. The molecule has 1 unspecified atom stereocenters. The molecule has 2 atom stereocenters. The second-order valence-electron chi connectivity index (χ2n) is 11.2. The fourth-order valence-electron chi connectivity index (χ4n) is 6.32. The minimum absolute atomic E-state index is 0. The molecule has 1 saturated carbocycles. The zero-order valence-electron chi connectivity index (χ0n) is 24.3. The van der Waals surface area contributed by atoms with Gasteiger partial charge in [-0.15, -0.1) is 18.3 Å². The summed E-state index contributed by atoms with van der Waals surface area (Å²) in [6, 6.07) is 6.21. The van der Waals surface area contributed by atoms with Gasteiger partial charge in [-0.3, -0.25) is 14.4 Å². The molecule has 41 heavy (non-hydrogen) atoms. The number of rotatable bonds is 10. The van der Waals surface area contributed by atoms with Gasteiger partial charge in [0, 0.05) is 25.7 Å². The Morgan fingerprint density at radius 1 is 1.15 bits per heavy atom. The normalized spacial score (nSPS) is 21.7. The van der Waals surface area contributed by atoms with Crippen molar-refractivity contribution in [3.05, 3.63) is 29.8 Å². The maximum absolute atomic E-state index is 13.7. The molecule has 226 valence electrons. The van der Waals surface area contributed by atoms with E-state index in [2.05, 4.69) is 27.4 Å². The van der Waals surface area contributed by atoms with E-state index in [0.29, 0.717) is 38.1 Å². The molecule has 2 saturated heterocycles. The second-order valence-corrected chi connectivity index (χ2v) is 11.2. The van der Waals surface area contributed by atoms with Crippen molar-refractivity contribution >= 4 is 30.1 Å². The first kappa shape index (κ1) is 32.7. The topological polar surface area (TPSA) is 111 Å². The summed E-state index contributed by atoms with van der Waals surface area (Å²) in [6.07, 6.45) is 7.14. The van der Waals surface area contributed by atoms with Gasteiger partial charge < -0.3 is 30.3 Å². The molecule has 2 heterocycles. The number of amides is 3. The highest BCUT2D eigenvalue weighted by Crippen LogP contribution is 2.35. The Labute approximate surface area is 250 Å². The van der Waals surface area contributed by atoms with Crippen LogP contribution in [0.15, 0.2) is 24.3 Å². The third-order valence-corrected chi connectivity index (χ3v) is 8.81. The number of carbonyl (C=O) groups is 3. The average Bonchev–Trinajstić information content (AvgIpc) is 2.99. The molecule has 4 rings (SSSR count). The van der Waals surface area contributed by atoms with E-state index in [9.17, 15) is 19.5 Å². The van der Waals surface area contributed by atoms with E-state index in [-0.39, 0.29) is 42.6 Å². The first-order valence-electron chi connectivity index (χ1n) is 14.8. The van der Waals surface area contributed by atoms with Crippen LogP contribution < -0.4 is 15.4 Å². The molecule has 1 spiro atoms. The number of halogens is 1. The number of unbranched alkanes of at least 4 members (excludes halogenated alkanes) is 1. The highest BCUT2D eigenvalue weighted by atomic mass is 35.5. The SMILES string of the molecule is CC#CCN1C(=O)[C@@H](C(O)C2CCCCC2)NC(=O)C12CCN(CCCCOc1ccc(C(=O)NC)cc1)CC2.Cl. The van der Waals surface area contributed by atoms with Gasteiger partial charge in [-0.05, 0) is 82.2 Å². The van der Waals surface area contributed by atoms with Crippen LogP contribution in [0.5, 0.6) is 5.75 Å². The number of hydrogen-bond donors (Lipinski definition) is 3. The molecule has 0 aromatic heterocycles. The van der Waals surface area contributed by atoms with Crippen molar-refractivity contribution in [1.82, 2.24) is 20.4 Å². The van der Waals surface area contributed by atoms with Crippen LogP contribution in [0.1, 0.15) is 75.1 Å². The minimum Gasteiger partial charge on any atom is -0.494 e. The number of piperidine rings is 1. The Morgan fingerprint density at radius 2 is 1.83 bits per heavy atom. The van der Waals surface area contributed by atoms with Crippen LogP contribution in [0.4, 0.5) is 0 Å². The van der Waals surface area contributed by atoms with Crippen molar-refractivity contribution in [3.8, 4) is 17.6 Å². The Morgan fingerprint density at radius 3 is 2.46 bits per heavy atom. The molecular formula is C31H45ClN4O5. The lowest BCUT2D eigenvalue weighted by atomic mass is 9.78. The number of likely N-dealkylation sites (tertiary alicyclic amines) is 1. The Kier molecular flexibility index (Phi) is 12.3. The third kappa shape index (κ3) is 7.73. The van der Waals surface area contributed by atoms with Crippen molar-refractivity contribution in [2.45, 2.75) is 82.4 Å². The van der Waals surface area contributed by atoms with E-state index in [1.54, 1.807) is 43.1 Å². The molecule has 0 bridgehead atoms. The highest BCUT2D eigenvalue weighted by Gasteiger charge is 2.55. The van der Waals surface area contributed by atoms with Crippen LogP contribution in [0.25, 0.3) is 0 Å². The number of nitrogens with one attached hydrogen (secondary N) is 2. The minimum atomic E-state index is -0.913. The first-order valence-corrected chi connectivity index (χ1v) is 14.8. The molecule has 0 radical (unpaired) electrons. The number of ether oxygens (including phenoxy) is 1. The zero-order valence-corrected chi connectivity index (χ0v) is 25.1. The molecule has 10 heteroatoms. The predicted molar refractivity (Wildman–Crippen MR) is 160 cm³/mol. The van der Waals surface area contributed by atoms with Crippen molar-refractivity contribution in [2.24, 2.45) is 5.92 Å². The maximum Gasteiger partial charge on any atom is 0.251 e. The van der Waals surface area contributed by atoms with Crippen LogP contribution in [-0.4, -0.2) is 90.1 Å². The molecule has 1 aromatic rings. The van der Waals surface area contributed by atoms with Gasteiger partial charge in [0.2, 0.25) is 11.8 Å². The van der Waals surface area contributed by atoms with Crippen molar-refractivity contribution in [2.75, 3.05) is 39.8 Å². The van der Waals surface area contributed by atoms with Gasteiger partial charge in [-0.1, -0.05) is 25.2 Å². The smallest absolute Gasteiger partial charge is 0.251 e. The molecule has 3 N–H and O–H groups in total. The third-order valence-electron chi connectivity index (χ3n) is 8.81. The largest absolute Gasteiger partial charge is 0.494 e. The quantitative estimate of drug-likeness (QED) is 0.286. The average molecular weight is 589 g/mol. The van der Waals surface area contributed by atoms with E-state index in [1.165, 1.54) is 0 Å². The van der Waals surface area contributed by atoms with Crippen LogP contribution in [-0.2, 0) is 9.59 Å². The molecule has 1 aliphatic carbocycles. The van der Waals surface area contributed by atoms with Gasteiger partial charge in [0.1, 0.15) is 17.3 Å². The summed E-state index contributed by atoms with van der Waals surface area (Å²) >= 11 is 0. The second kappa shape index (κ2) is 15.4. The molecule has 1 aromatic carbocycles. The van der Waals surface area contributed by atoms with Crippen LogP contribution in [0.3, 0.4) is 0 Å². The fourth-order valence-corrected chi connectivity index (χ4v) is 6.32. The molecule has 9 nitrogen and oxygen atoms in total. The van der Waals surface area contributed by atoms with Crippen molar-refractivity contribution in [3.63, 3.8) is 0 Å². The lowest BCUT2D eigenvalue weighted by Gasteiger charge is -2.52. The summed E-state index contributed by atoms with van der Waals surface area (Å²) in [5, 5.41) is 16.6. The van der Waals surface area contributed by atoms with E-state index >= 15 is 0 Å². The Hall–Kier alpha value is -2.80. The van der Waals surface area contributed by atoms with E-state index in [0.717, 1.165) is 57.2 Å².